The molecular formula is C17H17ClFIN2O4. The van der Waals surface area contributed by atoms with Crippen LogP contribution in [-0.4, -0.2) is 37.4 Å². The second kappa shape index (κ2) is 10.0. The Kier molecular flexibility index (Phi) is 8.04. The Morgan fingerprint density at radius 2 is 2.08 bits per heavy atom. The Balaban J connectivity index is 2.15. The standard InChI is InChI=1S/C17H17ClFIN2O4/c1-25-12(8-23)9-26-22-17(24)13-4-2-10(19)6-16(13)21-15-5-3-11(20)7-14(15)18/h2-7,12,21,23H,8-9H2,1H3,(H,22,24). The van der Waals surface area contributed by atoms with Gasteiger partial charge in [-0.1, -0.05) is 11.6 Å². The number of hydrogen-bond acceptors (Lipinski definition) is 5. The van der Waals surface area contributed by atoms with Gasteiger partial charge >= 0.3 is 0 Å². The first-order chi connectivity index (χ1) is 12.4. The molecule has 0 spiro atoms. The van der Waals surface area contributed by atoms with Crippen molar-refractivity contribution in [2.24, 2.45) is 0 Å². The molecule has 2 rings (SSSR count). The van der Waals surface area contributed by atoms with E-state index in [-0.39, 0.29) is 24.5 Å². The number of carbonyl (C=O) groups excluding carboxylic acids is 1. The van der Waals surface area contributed by atoms with Crippen molar-refractivity contribution in [2.75, 3.05) is 25.6 Å². The minimum atomic E-state index is -0.582. The first kappa shape index (κ1) is 20.8. The van der Waals surface area contributed by atoms with E-state index in [1.807, 2.05) is 6.07 Å². The van der Waals surface area contributed by atoms with E-state index in [1.54, 1.807) is 12.1 Å². The van der Waals surface area contributed by atoms with Gasteiger partial charge in [0.05, 0.1) is 28.6 Å². The molecule has 0 saturated heterocycles. The molecule has 26 heavy (non-hydrogen) atoms. The summed E-state index contributed by atoms with van der Waals surface area (Å²) < 4.78 is 19.5. The van der Waals surface area contributed by atoms with Crippen molar-refractivity contribution >= 4 is 51.5 Å². The molecule has 0 bridgehead atoms. The zero-order valence-corrected chi connectivity index (χ0v) is 16.7. The number of carbonyl (C=O) groups is 1. The Labute approximate surface area is 168 Å². The van der Waals surface area contributed by atoms with Crippen LogP contribution in [0.2, 0.25) is 5.02 Å². The summed E-state index contributed by atoms with van der Waals surface area (Å²) in [5.74, 6) is -1.09. The third-order valence-corrected chi connectivity index (χ3v) is 4.38. The summed E-state index contributed by atoms with van der Waals surface area (Å²) in [6, 6.07) is 8.99. The molecule has 1 amide bonds. The molecule has 0 saturated carbocycles. The first-order valence-electron chi connectivity index (χ1n) is 7.52. The first-order valence-corrected chi connectivity index (χ1v) is 8.97. The minimum Gasteiger partial charge on any atom is -0.394 e. The lowest BCUT2D eigenvalue weighted by molar-refractivity contribution is -0.0469. The van der Waals surface area contributed by atoms with Crippen molar-refractivity contribution < 1.29 is 23.9 Å². The van der Waals surface area contributed by atoms with Gasteiger partial charge in [-0.05, 0) is 59.0 Å². The van der Waals surface area contributed by atoms with Crippen LogP contribution in [0.5, 0.6) is 0 Å². The number of halogens is 3. The van der Waals surface area contributed by atoms with E-state index in [2.05, 4.69) is 33.4 Å². The molecule has 6 nitrogen and oxygen atoms in total. The number of hydroxylamine groups is 1. The normalized spacial score (nSPS) is 11.9. The van der Waals surface area contributed by atoms with Gasteiger partial charge in [-0.2, -0.15) is 0 Å². The quantitative estimate of drug-likeness (QED) is 0.387. The molecule has 140 valence electrons. The van der Waals surface area contributed by atoms with Crippen molar-refractivity contribution in [1.29, 1.82) is 0 Å². The second-order valence-electron chi connectivity index (χ2n) is 5.22. The van der Waals surface area contributed by atoms with Crippen molar-refractivity contribution in [1.82, 2.24) is 5.48 Å². The third kappa shape index (κ3) is 5.78. The summed E-state index contributed by atoms with van der Waals surface area (Å²) in [6.45, 7) is -0.285. The molecule has 0 fully saturated rings. The number of rotatable bonds is 8. The van der Waals surface area contributed by atoms with E-state index in [9.17, 15) is 9.18 Å². The predicted octanol–water partition coefficient (Wildman–Crippen LogP) is 3.50. The van der Waals surface area contributed by atoms with Crippen molar-refractivity contribution in [3.63, 3.8) is 0 Å². The summed E-state index contributed by atoms with van der Waals surface area (Å²) >= 11 is 8.30. The van der Waals surface area contributed by atoms with Gasteiger partial charge in [0.25, 0.3) is 5.91 Å². The average molecular weight is 495 g/mol. The number of hydrogen-bond donors (Lipinski definition) is 3. The molecule has 2 aromatic carbocycles. The maximum Gasteiger partial charge on any atom is 0.276 e. The highest BCUT2D eigenvalue weighted by atomic mass is 127. The summed E-state index contributed by atoms with van der Waals surface area (Å²) in [4.78, 5) is 17.4. The van der Waals surface area contributed by atoms with Gasteiger partial charge in [-0.25, -0.2) is 9.87 Å². The molecule has 1 atom stereocenters. The van der Waals surface area contributed by atoms with Gasteiger partial charge in [0.15, 0.2) is 0 Å². The average Bonchev–Trinajstić information content (AvgIpc) is 2.61. The van der Waals surface area contributed by atoms with Crippen LogP contribution in [0.4, 0.5) is 15.8 Å². The monoisotopic (exact) mass is 494 g/mol. The fraction of sp³-hybridized carbons (Fsp3) is 0.235. The van der Waals surface area contributed by atoms with Gasteiger partial charge in [0.2, 0.25) is 0 Å². The molecule has 9 heteroatoms. The molecule has 0 radical (unpaired) electrons. The lowest BCUT2D eigenvalue weighted by Crippen LogP contribution is -2.31. The molecular weight excluding hydrogens is 478 g/mol. The smallest absolute Gasteiger partial charge is 0.276 e. The van der Waals surface area contributed by atoms with Crippen LogP contribution in [0.1, 0.15) is 10.4 Å². The number of aliphatic hydroxyl groups is 1. The summed E-state index contributed by atoms with van der Waals surface area (Å²) in [7, 11) is 1.42. The number of ether oxygens (including phenoxy) is 1. The van der Waals surface area contributed by atoms with E-state index < -0.39 is 17.8 Å². The Morgan fingerprint density at radius 3 is 2.73 bits per heavy atom. The fourth-order valence-corrected chi connectivity index (χ4v) is 2.91. The summed E-state index contributed by atoms with van der Waals surface area (Å²) in [5, 5.41) is 12.4. The number of aliphatic hydroxyl groups excluding tert-OH is 1. The van der Waals surface area contributed by atoms with Crippen LogP contribution in [-0.2, 0) is 9.57 Å². The highest BCUT2D eigenvalue weighted by molar-refractivity contribution is 14.1. The molecule has 1 unspecified atom stereocenters. The van der Waals surface area contributed by atoms with Gasteiger partial charge in [-0.15, -0.1) is 0 Å². The highest BCUT2D eigenvalue weighted by Gasteiger charge is 2.15. The van der Waals surface area contributed by atoms with Crippen LogP contribution in [0.3, 0.4) is 0 Å². The van der Waals surface area contributed by atoms with Crippen LogP contribution in [0, 0.1) is 9.39 Å². The molecule has 0 heterocycles. The van der Waals surface area contributed by atoms with E-state index in [0.717, 1.165) is 3.57 Å². The molecule has 3 N–H and O–H groups in total. The molecule has 0 aromatic heterocycles. The Bertz CT molecular complexity index is 774. The van der Waals surface area contributed by atoms with Gasteiger partial charge in [-0.3, -0.25) is 9.63 Å². The van der Waals surface area contributed by atoms with Gasteiger partial charge in [0, 0.05) is 10.7 Å². The zero-order valence-electron chi connectivity index (χ0n) is 13.8. The van der Waals surface area contributed by atoms with Crippen LogP contribution >= 0.6 is 34.2 Å². The molecule has 0 aliphatic heterocycles. The van der Waals surface area contributed by atoms with E-state index in [1.165, 1.54) is 25.3 Å². The molecule has 0 aliphatic rings. The number of anilines is 2. The van der Waals surface area contributed by atoms with Crippen molar-refractivity contribution in [3.8, 4) is 0 Å². The van der Waals surface area contributed by atoms with Gasteiger partial charge < -0.3 is 15.2 Å². The zero-order chi connectivity index (χ0) is 19.1. The summed E-state index contributed by atoms with van der Waals surface area (Å²) in [5.41, 5.74) is 3.18. The number of amides is 1. The van der Waals surface area contributed by atoms with E-state index in [4.69, 9.17) is 26.3 Å². The number of nitrogens with one attached hydrogen (secondary N) is 2. The lowest BCUT2D eigenvalue weighted by Gasteiger charge is -2.15. The Hall–Kier alpha value is -1.46. The molecule has 2 aromatic rings. The number of benzene rings is 2. The van der Waals surface area contributed by atoms with Crippen LogP contribution in [0.25, 0.3) is 0 Å². The highest BCUT2D eigenvalue weighted by Crippen LogP contribution is 2.29. The fourth-order valence-electron chi connectivity index (χ4n) is 2.00. The van der Waals surface area contributed by atoms with E-state index >= 15 is 0 Å². The molecule has 0 aliphatic carbocycles. The third-order valence-electron chi connectivity index (χ3n) is 3.40. The minimum absolute atomic E-state index is 0.0361. The maximum atomic E-state index is 13.6. The largest absolute Gasteiger partial charge is 0.394 e. The van der Waals surface area contributed by atoms with Crippen molar-refractivity contribution in [2.45, 2.75) is 6.10 Å². The Morgan fingerprint density at radius 1 is 1.31 bits per heavy atom. The van der Waals surface area contributed by atoms with E-state index in [0.29, 0.717) is 10.7 Å². The maximum absolute atomic E-state index is 13.6. The van der Waals surface area contributed by atoms with Crippen LogP contribution < -0.4 is 10.8 Å². The van der Waals surface area contributed by atoms with Gasteiger partial charge in [0.1, 0.15) is 18.5 Å². The SMILES string of the molecule is COC(CO)CONC(=O)c1ccc(F)cc1Nc1ccc(I)cc1Cl. The van der Waals surface area contributed by atoms with Crippen LogP contribution in [0.15, 0.2) is 36.4 Å². The predicted molar refractivity (Wildman–Crippen MR) is 105 cm³/mol. The topological polar surface area (TPSA) is 79.8 Å². The second-order valence-corrected chi connectivity index (χ2v) is 6.87. The van der Waals surface area contributed by atoms with Crippen molar-refractivity contribution in [3.05, 3.63) is 56.4 Å². The lowest BCUT2D eigenvalue weighted by atomic mass is 10.1. The summed E-state index contributed by atoms with van der Waals surface area (Å²) in [6.07, 6.45) is -0.563. The number of methoxy groups -OCH3 is 1.